The Morgan fingerprint density at radius 1 is 0.684 bits per heavy atom. The van der Waals surface area contributed by atoms with Crippen molar-refractivity contribution in [1.82, 2.24) is 0 Å². The average Bonchev–Trinajstić information content (AvgIpc) is 2.44. The Morgan fingerprint density at radius 3 is 1.37 bits per heavy atom. The Kier molecular flexibility index (Phi) is 9.88. The van der Waals surface area contributed by atoms with Gasteiger partial charge in [-0.1, -0.05) is 18.2 Å². The van der Waals surface area contributed by atoms with Gasteiger partial charge in [-0.3, -0.25) is 9.59 Å². The van der Waals surface area contributed by atoms with E-state index >= 15 is 0 Å². The number of ether oxygens (including phenoxy) is 3. The molecular weight excluding hydrogens is 248 g/mol. The number of aldehydes is 2. The van der Waals surface area contributed by atoms with E-state index in [4.69, 9.17) is 14.2 Å². The van der Waals surface area contributed by atoms with Gasteiger partial charge in [0, 0.05) is 0 Å². The first-order valence-corrected chi connectivity index (χ1v) is 5.95. The van der Waals surface area contributed by atoms with E-state index in [2.05, 4.69) is 0 Å². The zero-order valence-electron chi connectivity index (χ0n) is 11.4. The summed E-state index contributed by atoms with van der Waals surface area (Å²) in [4.78, 5) is 22.1. The normalized spacial score (nSPS) is 16.4. The van der Waals surface area contributed by atoms with Crippen LogP contribution < -0.4 is 0 Å². The number of allylic oxidation sites excluding steroid dienone is 3. The van der Waals surface area contributed by atoms with Crippen molar-refractivity contribution in [2.24, 2.45) is 0 Å². The minimum absolute atomic E-state index is 0.573. The topological polar surface area (TPSA) is 61.8 Å². The maximum absolute atomic E-state index is 11.1. The molecule has 19 heavy (non-hydrogen) atoms. The fourth-order valence-electron chi connectivity index (χ4n) is 1.22. The molecule has 5 nitrogen and oxygen atoms in total. The van der Waals surface area contributed by atoms with E-state index in [0.29, 0.717) is 12.6 Å². The van der Waals surface area contributed by atoms with E-state index in [9.17, 15) is 9.59 Å². The summed E-state index contributed by atoms with van der Waals surface area (Å²) >= 11 is 0. The lowest BCUT2D eigenvalue weighted by molar-refractivity contribution is -0.135. The molecule has 5 heteroatoms. The lowest BCUT2D eigenvalue weighted by atomic mass is 10.1. The summed E-state index contributed by atoms with van der Waals surface area (Å²) < 4.78 is 15.7. The highest BCUT2D eigenvalue weighted by molar-refractivity contribution is 5.63. The van der Waals surface area contributed by atoms with Crippen molar-refractivity contribution in [3.05, 3.63) is 37.0 Å². The zero-order chi connectivity index (χ0) is 14.5. The molecule has 2 unspecified atom stereocenters. The van der Waals surface area contributed by atoms with Gasteiger partial charge in [0.25, 0.3) is 0 Å². The van der Waals surface area contributed by atoms with Crippen molar-refractivity contribution in [2.45, 2.75) is 39.1 Å². The summed E-state index contributed by atoms with van der Waals surface area (Å²) in [5.41, 5.74) is 0. The SMILES string of the molecule is CC=COC(C=O)C(OC=CC)C(C=O)OC=CC. The molecule has 0 radical (unpaired) electrons. The Labute approximate surface area is 113 Å². The van der Waals surface area contributed by atoms with Crippen molar-refractivity contribution >= 4 is 12.6 Å². The van der Waals surface area contributed by atoms with Crippen LogP contribution in [0.25, 0.3) is 0 Å². The largest absolute Gasteiger partial charge is 0.490 e. The number of hydrogen-bond donors (Lipinski definition) is 0. The van der Waals surface area contributed by atoms with Gasteiger partial charge >= 0.3 is 0 Å². The molecule has 2 atom stereocenters. The van der Waals surface area contributed by atoms with Crippen LogP contribution in [-0.4, -0.2) is 30.9 Å². The molecule has 0 aromatic carbocycles. The van der Waals surface area contributed by atoms with Crippen LogP contribution in [0.2, 0.25) is 0 Å². The molecule has 0 spiro atoms. The Morgan fingerprint density at radius 2 is 1.05 bits per heavy atom. The van der Waals surface area contributed by atoms with E-state index in [0.717, 1.165) is 0 Å². The second-order valence-electron chi connectivity index (χ2n) is 3.48. The van der Waals surface area contributed by atoms with Crippen molar-refractivity contribution in [2.75, 3.05) is 0 Å². The molecule has 0 aliphatic heterocycles. The molecule has 0 aliphatic carbocycles. The first-order valence-electron chi connectivity index (χ1n) is 5.95. The van der Waals surface area contributed by atoms with Crippen molar-refractivity contribution in [3.63, 3.8) is 0 Å². The molecule has 0 amide bonds. The monoisotopic (exact) mass is 268 g/mol. The number of hydrogen-bond acceptors (Lipinski definition) is 5. The molecule has 0 bridgehead atoms. The third-order valence-electron chi connectivity index (χ3n) is 2.03. The van der Waals surface area contributed by atoms with E-state index in [-0.39, 0.29) is 0 Å². The zero-order valence-corrected chi connectivity index (χ0v) is 11.4. The Hall–Kier alpha value is -2.04. The van der Waals surface area contributed by atoms with Crippen molar-refractivity contribution in [3.8, 4) is 0 Å². The highest BCUT2D eigenvalue weighted by atomic mass is 16.6. The lowest BCUT2D eigenvalue weighted by Crippen LogP contribution is -2.42. The van der Waals surface area contributed by atoms with Crippen LogP contribution in [0, 0.1) is 0 Å². The van der Waals surface area contributed by atoms with Crippen molar-refractivity contribution in [1.29, 1.82) is 0 Å². The first kappa shape index (κ1) is 17.0. The third kappa shape index (κ3) is 6.45. The summed E-state index contributed by atoms with van der Waals surface area (Å²) in [6.07, 6.45) is 7.42. The number of rotatable bonds is 10. The minimum Gasteiger partial charge on any atom is -0.490 e. The van der Waals surface area contributed by atoms with E-state index in [1.165, 1.54) is 18.8 Å². The third-order valence-corrected chi connectivity index (χ3v) is 2.03. The second kappa shape index (κ2) is 11.1. The van der Waals surface area contributed by atoms with Gasteiger partial charge in [-0.05, 0) is 20.8 Å². The summed E-state index contributed by atoms with van der Waals surface area (Å²) in [5.74, 6) is 0. The van der Waals surface area contributed by atoms with E-state index in [1.54, 1.807) is 39.0 Å². The van der Waals surface area contributed by atoms with Crippen molar-refractivity contribution < 1.29 is 23.8 Å². The molecule has 0 aromatic rings. The molecule has 0 rings (SSSR count). The van der Waals surface area contributed by atoms with Gasteiger partial charge in [0.05, 0.1) is 18.8 Å². The lowest BCUT2D eigenvalue weighted by Gasteiger charge is -2.25. The quantitative estimate of drug-likeness (QED) is 0.448. The minimum atomic E-state index is -0.937. The van der Waals surface area contributed by atoms with Crippen LogP contribution in [0.3, 0.4) is 0 Å². The van der Waals surface area contributed by atoms with E-state index in [1.807, 2.05) is 0 Å². The number of carbonyl (C=O) groups is 2. The fourth-order valence-corrected chi connectivity index (χ4v) is 1.22. The highest BCUT2D eigenvalue weighted by Crippen LogP contribution is 2.11. The molecule has 0 aliphatic rings. The van der Waals surface area contributed by atoms with Crippen LogP contribution in [-0.2, 0) is 23.8 Å². The molecule has 0 aromatic heterocycles. The average molecular weight is 268 g/mol. The Balaban J connectivity index is 4.99. The highest BCUT2D eigenvalue weighted by Gasteiger charge is 2.32. The Bertz CT molecular complexity index is 307. The molecule has 0 saturated heterocycles. The van der Waals surface area contributed by atoms with Crippen LogP contribution in [0.4, 0.5) is 0 Å². The fraction of sp³-hybridized carbons (Fsp3) is 0.429. The molecular formula is C14H20O5. The van der Waals surface area contributed by atoms with Gasteiger partial charge < -0.3 is 14.2 Å². The molecule has 0 N–H and O–H groups in total. The van der Waals surface area contributed by atoms with Gasteiger partial charge in [-0.15, -0.1) is 0 Å². The predicted octanol–water partition coefficient (Wildman–Crippen LogP) is 2.14. The predicted molar refractivity (Wildman–Crippen MR) is 71.2 cm³/mol. The van der Waals surface area contributed by atoms with Gasteiger partial charge in [0.15, 0.2) is 30.9 Å². The van der Waals surface area contributed by atoms with Gasteiger partial charge in [0.1, 0.15) is 0 Å². The second-order valence-corrected chi connectivity index (χ2v) is 3.48. The number of carbonyl (C=O) groups excluding carboxylic acids is 2. The maximum Gasteiger partial charge on any atom is 0.193 e. The summed E-state index contributed by atoms with van der Waals surface area (Å²) in [6, 6.07) is 0. The summed E-state index contributed by atoms with van der Waals surface area (Å²) in [6.45, 7) is 5.25. The molecule has 0 heterocycles. The smallest absolute Gasteiger partial charge is 0.193 e. The molecule has 0 saturated carbocycles. The van der Waals surface area contributed by atoms with Gasteiger partial charge in [0.2, 0.25) is 0 Å². The van der Waals surface area contributed by atoms with Crippen LogP contribution in [0.15, 0.2) is 37.0 Å². The van der Waals surface area contributed by atoms with Crippen LogP contribution >= 0.6 is 0 Å². The summed E-state index contributed by atoms with van der Waals surface area (Å²) in [5, 5.41) is 0. The molecule has 106 valence electrons. The van der Waals surface area contributed by atoms with Gasteiger partial charge in [-0.25, -0.2) is 0 Å². The maximum atomic E-state index is 11.1. The standard InChI is InChI=1S/C14H20O5/c1-4-7-17-12(10-15)14(19-9-6-3)13(11-16)18-8-5-2/h4-14H,1-3H3. The first-order chi connectivity index (χ1) is 9.24. The summed E-state index contributed by atoms with van der Waals surface area (Å²) in [7, 11) is 0. The van der Waals surface area contributed by atoms with E-state index < -0.39 is 18.3 Å². The van der Waals surface area contributed by atoms with Crippen LogP contribution in [0.5, 0.6) is 0 Å². The van der Waals surface area contributed by atoms with Gasteiger partial charge in [-0.2, -0.15) is 0 Å². The molecule has 0 fully saturated rings. The van der Waals surface area contributed by atoms with Crippen LogP contribution in [0.1, 0.15) is 20.8 Å².